The summed E-state index contributed by atoms with van der Waals surface area (Å²) in [6, 6.07) is 1.79. The summed E-state index contributed by atoms with van der Waals surface area (Å²) in [6.07, 6.45) is 3.13. The first-order valence-corrected chi connectivity index (χ1v) is 5.25. The standard InChI is InChI=1S/C10H14ClNO2/c11-8-6-7-2-1-3-10(13,4-5-12)9(7)14-8/h6,13H,1-5,12H2. The van der Waals surface area contributed by atoms with Crippen LogP contribution in [0.25, 0.3) is 0 Å². The van der Waals surface area contributed by atoms with E-state index in [1.54, 1.807) is 6.07 Å². The Kier molecular flexibility index (Phi) is 2.56. The second-order valence-electron chi connectivity index (χ2n) is 3.83. The minimum atomic E-state index is -0.893. The molecule has 1 aliphatic rings. The summed E-state index contributed by atoms with van der Waals surface area (Å²) in [6.45, 7) is 0.453. The molecule has 0 radical (unpaired) electrons. The normalized spacial score (nSPS) is 26.2. The number of hydrogen-bond donors (Lipinski definition) is 2. The fourth-order valence-electron chi connectivity index (χ4n) is 2.14. The molecule has 0 saturated carbocycles. The Labute approximate surface area is 87.8 Å². The van der Waals surface area contributed by atoms with E-state index in [4.69, 9.17) is 21.8 Å². The van der Waals surface area contributed by atoms with E-state index in [0.29, 0.717) is 30.4 Å². The van der Waals surface area contributed by atoms with Gasteiger partial charge in [-0.25, -0.2) is 0 Å². The average Bonchev–Trinajstić information content (AvgIpc) is 2.48. The van der Waals surface area contributed by atoms with Crippen molar-refractivity contribution in [2.45, 2.75) is 31.3 Å². The van der Waals surface area contributed by atoms with Gasteiger partial charge >= 0.3 is 0 Å². The van der Waals surface area contributed by atoms with Gasteiger partial charge in [0.1, 0.15) is 11.4 Å². The van der Waals surface area contributed by atoms with Gasteiger partial charge in [-0.3, -0.25) is 0 Å². The van der Waals surface area contributed by atoms with E-state index in [9.17, 15) is 5.11 Å². The number of furan rings is 1. The third kappa shape index (κ3) is 1.56. The first-order valence-electron chi connectivity index (χ1n) is 4.87. The maximum Gasteiger partial charge on any atom is 0.193 e. The van der Waals surface area contributed by atoms with Crippen molar-refractivity contribution in [2.75, 3.05) is 6.54 Å². The van der Waals surface area contributed by atoms with E-state index in [1.807, 2.05) is 0 Å². The van der Waals surface area contributed by atoms with Crippen LogP contribution in [-0.2, 0) is 12.0 Å². The predicted octanol–water partition coefficient (Wildman–Crippen LogP) is 1.81. The molecule has 3 N–H and O–H groups in total. The molecule has 0 saturated heterocycles. The number of halogens is 1. The third-order valence-electron chi connectivity index (χ3n) is 2.80. The highest BCUT2D eigenvalue weighted by Crippen LogP contribution is 2.40. The molecule has 1 heterocycles. The summed E-state index contributed by atoms with van der Waals surface area (Å²) < 4.78 is 5.33. The number of nitrogens with two attached hydrogens (primary N) is 1. The van der Waals surface area contributed by atoms with Gasteiger partial charge in [-0.1, -0.05) is 0 Å². The first-order chi connectivity index (χ1) is 6.65. The fraction of sp³-hybridized carbons (Fsp3) is 0.600. The van der Waals surface area contributed by atoms with Crippen LogP contribution in [0.4, 0.5) is 0 Å². The Bertz CT molecular complexity index is 337. The molecule has 1 atom stereocenters. The van der Waals surface area contributed by atoms with Gasteiger partial charge in [-0.15, -0.1) is 0 Å². The average molecular weight is 216 g/mol. The van der Waals surface area contributed by atoms with Crippen LogP contribution in [0.5, 0.6) is 0 Å². The highest BCUT2D eigenvalue weighted by atomic mass is 35.5. The molecule has 0 aliphatic heterocycles. The van der Waals surface area contributed by atoms with Crippen LogP contribution in [0.2, 0.25) is 5.22 Å². The minimum Gasteiger partial charge on any atom is -0.446 e. The largest absolute Gasteiger partial charge is 0.446 e. The fourth-order valence-corrected chi connectivity index (χ4v) is 2.35. The third-order valence-corrected chi connectivity index (χ3v) is 2.98. The van der Waals surface area contributed by atoms with Gasteiger partial charge in [-0.2, -0.15) is 0 Å². The molecule has 0 fully saturated rings. The number of aryl methyl sites for hydroxylation is 1. The Morgan fingerprint density at radius 1 is 1.64 bits per heavy atom. The van der Waals surface area contributed by atoms with E-state index >= 15 is 0 Å². The van der Waals surface area contributed by atoms with E-state index in [0.717, 1.165) is 18.4 Å². The highest BCUT2D eigenvalue weighted by Gasteiger charge is 2.37. The predicted molar refractivity (Wildman–Crippen MR) is 54.2 cm³/mol. The number of hydrogen-bond acceptors (Lipinski definition) is 3. The summed E-state index contributed by atoms with van der Waals surface area (Å²) >= 11 is 5.77. The Balaban J connectivity index is 2.38. The van der Waals surface area contributed by atoms with Gasteiger partial charge in [0.25, 0.3) is 0 Å². The lowest BCUT2D eigenvalue weighted by Crippen LogP contribution is -2.32. The molecule has 0 aromatic carbocycles. The van der Waals surface area contributed by atoms with Crippen LogP contribution >= 0.6 is 11.6 Å². The molecule has 1 aliphatic carbocycles. The zero-order valence-corrected chi connectivity index (χ0v) is 8.68. The quantitative estimate of drug-likeness (QED) is 0.791. The summed E-state index contributed by atoms with van der Waals surface area (Å²) in [4.78, 5) is 0. The Morgan fingerprint density at radius 3 is 3.14 bits per heavy atom. The van der Waals surface area contributed by atoms with Crippen molar-refractivity contribution in [3.05, 3.63) is 22.6 Å². The van der Waals surface area contributed by atoms with Crippen molar-refractivity contribution in [1.82, 2.24) is 0 Å². The second kappa shape index (κ2) is 3.57. The van der Waals surface area contributed by atoms with Gasteiger partial charge < -0.3 is 15.3 Å². The Morgan fingerprint density at radius 2 is 2.43 bits per heavy atom. The van der Waals surface area contributed by atoms with Gasteiger partial charge in [-0.05, 0) is 55.5 Å². The van der Waals surface area contributed by atoms with Crippen molar-refractivity contribution in [2.24, 2.45) is 5.73 Å². The SMILES string of the molecule is NCCC1(O)CCCc2cc(Cl)oc21. The summed E-state index contributed by atoms with van der Waals surface area (Å²) in [5, 5.41) is 10.7. The molecule has 1 unspecified atom stereocenters. The molecular formula is C10H14ClNO2. The molecule has 0 amide bonds. The lowest BCUT2D eigenvalue weighted by atomic mass is 9.82. The van der Waals surface area contributed by atoms with Gasteiger partial charge in [0.2, 0.25) is 0 Å². The van der Waals surface area contributed by atoms with E-state index in [2.05, 4.69) is 0 Å². The molecule has 1 aromatic heterocycles. The number of fused-ring (bicyclic) bond motifs is 1. The van der Waals surface area contributed by atoms with Crippen LogP contribution in [0, 0.1) is 0 Å². The zero-order chi connectivity index (χ0) is 10.2. The number of aliphatic hydroxyl groups is 1. The van der Waals surface area contributed by atoms with E-state index < -0.39 is 5.60 Å². The summed E-state index contributed by atoms with van der Waals surface area (Å²) in [5.41, 5.74) is 5.61. The van der Waals surface area contributed by atoms with Crippen LogP contribution in [0.1, 0.15) is 30.6 Å². The monoisotopic (exact) mass is 215 g/mol. The molecular weight excluding hydrogens is 202 g/mol. The van der Waals surface area contributed by atoms with Crippen LogP contribution in [0.15, 0.2) is 10.5 Å². The molecule has 4 heteroatoms. The van der Waals surface area contributed by atoms with Crippen molar-refractivity contribution in [1.29, 1.82) is 0 Å². The summed E-state index contributed by atoms with van der Waals surface area (Å²) in [7, 11) is 0. The number of rotatable bonds is 2. The molecule has 78 valence electrons. The molecule has 14 heavy (non-hydrogen) atoms. The van der Waals surface area contributed by atoms with Gasteiger partial charge in [0, 0.05) is 0 Å². The van der Waals surface area contributed by atoms with Crippen molar-refractivity contribution in [3.63, 3.8) is 0 Å². The lowest BCUT2D eigenvalue weighted by Gasteiger charge is -2.30. The first kappa shape index (κ1) is 10.0. The Hall–Kier alpha value is -0.510. The minimum absolute atomic E-state index is 0.354. The molecule has 2 rings (SSSR count). The second-order valence-corrected chi connectivity index (χ2v) is 4.20. The van der Waals surface area contributed by atoms with Crippen molar-refractivity contribution >= 4 is 11.6 Å². The highest BCUT2D eigenvalue weighted by molar-refractivity contribution is 6.28. The maximum atomic E-state index is 10.3. The lowest BCUT2D eigenvalue weighted by molar-refractivity contribution is -0.00854. The van der Waals surface area contributed by atoms with E-state index in [1.165, 1.54) is 0 Å². The van der Waals surface area contributed by atoms with E-state index in [-0.39, 0.29) is 0 Å². The topological polar surface area (TPSA) is 59.4 Å². The van der Waals surface area contributed by atoms with Crippen LogP contribution in [-0.4, -0.2) is 11.7 Å². The zero-order valence-electron chi connectivity index (χ0n) is 7.92. The molecule has 0 spiro atoms. The van der Waals surface area contributed by atoms with Crippen molar-refractivity contribution in [3.8, 4) is 0 Å². The van der Waals surface area contributed by atoms with Crippen LogP contribution < -0.4 is 5.73 Å². The van der Waals surface area contributed by atoms with Gasteiger partial charge in [0.15, 0.2) is 5.22 Å². The molecule has 3 nitrogen and oxygen atoms in total. The maximum absolute atomic E-state index is 10.3. The summed E-state index contributed by atoms with van der Waals surface area (Å²) in [5.74, 6) is 0.624. The molecule has 1 aromatic rings. The van der Waals surface area contributed by atoms with Gasteiger partial charge in [0.05, 0.1) is 0 Å². The van der Waals surface area contributed by atoms with Crippen LogP contribution in [0.3, 0.4) is 0 Å². The smallest absolute Gasteiger partial charge is 0.193 e. The molecule has 0 bridgehead atoms. The van der Waals surface area contributed by atoms with Crippen molar-refractivity contribution < 1.29 is 9.52 Å².